The number of ether oxygens (including phenoxy) is 3. The van der Waals surface area contributed by atoms with Crippen LogP contribution in [0.4, 0.5) is 9.59 Å². The molecular weight excluding hydrogens is 408 g/mol. The van der Waals surface area contributed by atoms with E-state index in [1.54, 1.807) is 62.3 Å². The van der Waals surface area contributed by atoms with Gasteiger partial charge in [-0.2, -0.15) is 4.90 Å². The van der Waals surface area contributed by atoms with Crippen molar-refractivity contribution in [2.24, 2.45) is 0 Å². The van der Waals surface area contributed by atoms with Crippen LogP contribution in [0.5, 0.6) is 0 Å². The molecule has 10 heteroatoms. The SMILES string of the molecule is CON(C)C(=O)CCC(C(=O)OC(C)(C)C)N(C(=O)OC(C)(C)C)C(=O)OC(C)(C)C. The number of rotatable bonds is 6. The molecule has 0 aromatic rings. The molecule has 0 bridgehead atoms. The summed E-state index contributed by atoms with van der Waals surface area (Å²) in [5.74, 6) is -1.32. The summed E-state index contributed by atoms with van der Waals surface area (Å²) in [4.78, 5) is 56.4. The maximum atomic E-state index is 13.0. The van der Waals surface area contributed by atoms with Crippen LogP contribution in [0.2, 0.25) is 0 Å². The van der Waals surface area contributed by atoms with Crippen LogP contribution in [0, 0.1) is 0 Å². The van der Waals surface area contributed by atoms with Crippen molar-refractivity contribution in [3.63, 3.8) is 0 Å². The van der Waals surface area contributed by atoms with Crippen molar-refractivity contribution in [1.82, 2.24) is 9.96 Å². The van der Waals surface area contributed by atoms with Crippen LogP contribution >= 0.6 is 0 Å². The van der Waals surface area contributed by atoms with Crippen LogP contribution in [0.25, 0.3) is 0 Å². The van der Waals surface area contributed by atoms with Gasteiger partial charge in [-0.1, -0.05) is 0 Å². The standard InChI is InChI=1S/C21H38N2O8/c1-19(2,3)29-16(25)14(12-13-15(24)22(10)28-11)23(17(26)30-20(4,5)6)18(27)31-21(7,8)9/h14H,12-13H2,1-11H3. The monoisotopic (exact) mass is 446 g/mol. The van der Waals surface area contributed by atoms with Gasteiger partial charge in [-0.3, -0.25) is 9.63 Å². The highest BCUT2D eigenvalue weighted by molar-refractivity contribution is 5.94. The number of hydrogen-bond donors (Lipinski definition) is 0. The lowest BCUT2D eigenvalue weighted by atomic mass is 10.1. The highest BCUT2D eigenvalue weighted by Gasteiger charge is 2.42. The molecular formula is C21H38N2O8. The second-order valence-corrected chi connectivity index (χ2v) is 9.99. The summed E-state index contributed by atoms with van der Waals surface area (Å²) in [5, 5.41) is 0.984. The maximum absolute atomic E-state index is 13.0. The molecule has 0 radical (unpaired) electrons. The van der Waals surface area contributed by atoms with Gasteiger partial charge >= 0.3 is 18.2 Å². The van der Waals surface area contributed by atoms with Crippen LogP contribution < -0.4 is 0 Å². The van der Waals surface area contributed by atoms with E-state index in [-0.39, 0.29) is 12.8 Å². The highest BCUT2D eigenvalue weighted by Crippen LogP contribution is 2.22. The first-order chi connectivity index (χ1) is 13.8. The Kier molecular flexibility index (Phi) is 9.97. The summed E-state index contributed by atoms with van der Waals surface area (Å²) in [6, 6.07) is -1.45. The summed E-state index contributed by atoms with van der Waals surface area (Å²) in [6.07, 6.45) is -2.56. The minimum atomic E-state index is -1.45. The Bertz CT molecular complexity index is 628. The van der Waals surface area contributed by atoms with E-state index in [1.807, 2.05) is 0 Å². The molecule has 0 spiro atoms. The normalized spacial score (nSPS) is 13.1. The molecule has 0 saturated carbocycles. The first-order valence-corrected chi connectivity index (χ1v) is 10.1. The Labute approximate surface area is 185 Å². The van der Waals surface area contributed by atoms with E-state index < -0.39 is 46.9 Å². The molecule has 0 N–H and O–H groups in total. The van der Waals surface area contributed by atoms with Gasteiger partial charge < -0.3 is 14.2 Å². The van der Waals surface area contributed by atoms with Gasteiger partial charge in [-0.15, -0.1) is 0 Å². The fraction of sp³-hybridized carbons (Fsp3) is 0.810. The Morgan fingerprint density at radius 3 is 1.45 bits per heavy atom. The third-order valence-corrected chi connectivity index (χ3v) is 3.43. The number of hydrogen-bond acceptors (Lipinski definition) is 8. The average Bonchev–Trinajstić information content (AvgIpc) is 2.51. The number of carbonyl (C=O) groups is 4. The molecule has 0 aliphatic rings. The zero-order valence-electron chi connectivity index (χ0n) is 20.7. The predicted octanol–water partition coefficient (Wildman–Crippen LogP) is 3.67. The molecule has 3 amide bonds. The second-order valence-electron chi connectivity index (χ2n) is 9.99. The van der Waals surface area contributed by atoms with Crippen molar-refractivity contribution in [2.75, 3.05) is 14.2 Å². The Balaban J connectivity index is 6.13. The lowest BCUT2D eigenvalue weighted by Gasteiger charge is -2.33. The minimum Gasteiger partial charge on any atom is -0.458 e. The quantitative estimate of drug-likeness (QED) is 0.345. The highest BCUT2D eigenvalue weighted by atomic mass is 16.7. The molecule has 0 rings (SSSR count). The van der Waals surface area contributed by atoms with Gasteiger partial charge in [0.25, 0.3) is 0 Å². The van der Waals surface area contributed by atoms with E-state index in [4.69, 9.17) is 19.0 Å². The maximum Gasteiger partial charge on any atom is 0.420 e. The molecule has 1 unspecified atom stereocenters. The number of esters is 1. The Morgan fingerprint density at radius 1 is 0.742 bits per heavy atom. The van der Waals surface area contributed by atoms with E-state index >= 15 is 0 Å². The molecule has 0 aliphatic heterocycles. The lowest BCUT2D eigenvalue weighted by molar-refractivity contribution is -0.170. The van der Waals surface area contributed by atoms with Crippen LogP contribution in [0.1, 0.15) is 75.2 Å². The Morgan fingerprint density at radius 2 is 1.13 bits per heavy atom. The van der Waals surface area contributed by atoms with Crippen molar-refractivity contribution >= 4 is 24.1 Å². The first-order valence-electron chi connectivity index (χ1n) is 10.1. The average molecular weight is 447 g/mol. The number of imide groups is 1. The van der Waals surface area contributed by atoms with Crippen LogP contribution in [-0.4, -0.2) is 71.0 Å². The van der Waals surface area contributed by atoms with E-state index in [9.17, 15) is 19.2 Å². The number of hydroxylamine groups is 2. The largest absolute Gasteiger partial charge is 0.458 e. The topological polar surface area (TPSA) is 112 Å². The fourth-order valence-electron chi connectivity index (χ4n) is 2.19. The van der Waals surface area contributed by atoms with Gasteiger partial charge in [0.05, 0.1) is 7.11 Å². The summed E-state index contributed by atoms with van der Waals surface area (Å²) in [7, 11) is 2.72. The molecule has 0 heterocycles. The molecule has 10 nitrogen and oxygen atoms in total. The minimum absolute atomic E-state index is 0.198. The van der Waals surface area contributed by atoms with E-state index in [1.165, 1.54) is 14.2 Å². The third-order valence-electron chi connectivity index (χ3n) is 3.43. The summed E-state index contributed by atoms with van der Waals surface area (Å²) < 4.78 is 16.1. The zero-order valence-corrected chi connectivity index (χ0v) is 20.7. The molecule has 31 heavy (non-hydrogen) atoms. The lowest BCUT2D eigenvalue weighted by Crippen LogP contribution is -2.53. The molecule has 0 aliphatic carbocycles. The van der Waals surface area contributed by atoms with E-state index in [2.05, 4.69) is 0 Å². The second kappa shape index (κ2) is 10.8. The van der Waals surface area contributed by atoms with Crippen LogP contribution in [-0.2, 0) is 28.6 Å². The summed E-state index contributed by atoms with van der Waals surface area (Å²) >= 11 is 0. The van der Waals surface area contributed by atoms with Crippen LogP contribution in [0.15, 0.2) is 0 Å². The van der Waals surface area contributed by atoms with Gasteiger partial charge in [0.15, 0.2) is 0 Å². The van der Waals surface area contributed by atoms with Crippen molar-refractivity contribution in [1.29, 1.82) is 0 Å². The van der Waals surface area contributed by atoms with Gasteiger partial charge in [-0.25, -0.2) is 19.4 Å². The number of nitrogens with zero attached hydrogens (tertiary/aromatic N) is 2. The van der Waals surface area contributed by atoms with Crippen molar-refractivity contribution < 1.29 is 38.2 Å². The molecule has 1 atom stereocenters. The van der Waals surface area contributed by atoms with Gasteiger partial charge in [-0.05, 0) is 68.7 Å². The fourth-order valence-corrected chi connectivity index (χ4v) is 2.19. The van der Waals surface area contributed by atoms with Crippen LogP contribution in [0.3, 0.4) is 0 Å². The predicted molar refractivity (Wildman–Crippen MR) is 113 cm³/mol. The number of amides is 3. The number of carbonyl (C=O) groups excluding carboxylic acids is 4. The summed E-state index contributed by atoms with van der Waals surface area (Å²) in [6.45, 7) is 14.7. The third kappa shape index (κ3) is 11.6. The first kappa shape index (κ1) is 28.6. The van der Waals surface area contributed by atoms with Crippen molar-refractivity contribution in [3.8, 4) is 0 Å². The van der Waals surface area contributed by atoms with E-state index in [0.29, 0.717) is 4.90 Å². The van der Waals surface area contributed by atoms with Gasteiger partial charge in [0, 0.05) is 13.5 Å². The van der Waals surface area contributed by atoms with E-state index in [0.717, 1.165) is 5.06 Å². The summed E-state index contributed by atoms with van der Waals surface area (Å²) in [5.41, 5.74) is -2.78. The Hall–Kier alpha value is -2.36. The molecule has 0 aromatic carbocycles. The molecule has 0 fully saturated rings. The van der Waals surface area contributed by atoms with Crippen molar-refractivity contribution in [2.45, 2.75) is 98.0 Å². The van der Waals surface area contributed by atoms with Crippen molar-refractivity contribution in [3.05, 3.63) is 0 Å². The molecule has 0 saturated heterocycles. The molecule has 180 valence electrons. The van der Waals surface area contributed by atoms with Gasteiger partial charge in [0.2, 0.25) is 5.91 Å². The zero-order chi connectivity index (χ0) is 24.8. The molecule has 0 aromatic heterocycles. The smallest absolute Gasteiger partial charge is 0.420 e. The van der Waals surface area contributed by atoms with Gasteiger partial charge in [0.1, 0.15) is 22.8 Å².